The number of azo groups is 1. The van der Waals surface area contributed by atoms with Gasteiger partial charge in [0.2, 0.25) is 11.3 Å². The molecule has 0 unspecified atom stereocenters. The van der Waals surface area contributed by atoms with Gasteiger partial charge in [-0.3, -0.25) is 9.59 Å². The largest absolute Gasteiger partial charge is 0.493 e. The molecule has 4 rings (SSSR count). The molecule has 0 radical (unpaired) electrons. The minimum Gasteiger partial charge on any atom is -0.493 e. The maximum Gasteiger partial charge on any atom is 0.300 e. The van der Waals surface area contributed by atoms with Gasteiger partial charge in [0, 0.05) is 30.4 Å². The number of hydrogen-bond donors (Lipinski definition) is 1. The molecule has 8 heteroatoms. The summed E-state index contributed by atoms with van der Waals surface area (Å²) >= 11 is 0. The minimum atomic E-state index is -0.783. The summed E-state index contributed by atoms with van der Waals surface area (Å²) in [5, 5.41) is 19.4. The quantitative estimate of drug-likeness (QED) is 0.383. The number of aromatic hydroxyl groups is 1. The van der Waals surface area contributed by atoms with Crippen molar-refractivity contribution in [2.24, 2.45) is 10.2 Å². The van der Waals surface area contributed by atoms with Crippen molar-refractivity contribution in [3.8, 4) is 5.88 Å². The summed E-state index contributed by atoms with van der Waals surface area (Å²) in [6, 6.07) is 10.6. The van der Waals surface area contributed by atoms with Crippen LogP contribution in [-0.4, -0.2) is 25.1 Å². The summed E-state index contributed by atoms with van der Waals surface area (Å²) in [6.07, 6.45) is 3.11. The van der Waals surface area contributed by atoms with Crippen LogP contribution >= 0.6 is 0 Å². The van der Waals surface area contributed by atoms with Crippen molar-refractivity contribution in [1.82, 2.24) is 14.1 Å². The number of para-hydroxylation sites is 1. The maximum atomic E-state index is 12.9. The number of hydrogen-bond acceptors (Lipinski definition) is 5. The van der Waals surface area contributed by atoms with E-state index >= 15 is 0 Å². The zero-order chi connectivity index (χ0) is 22.1. The number of fused-ring (bicyclic) bond motifs is 2. The average molecular weight is 415 g/mol. The molecule has 31 heavy (non-hydrogen) atoms. The molecule has 156 valence electrons. The van der Waals surface area contributed by atoms with E-state index in [0.717, 1.165) is 11.2 Å². The maximum absolute atomic E-state index is 12.9. The normalized spacial score (nSPS) is 11.5. The van der Waals surface area contributed by atoms with Crippen molar-refractivity contribution < 1.29 is 9.90 Å². The third kappa shape index (κ3) is 3.42. The number of aryl methyl sites for hydroxylation is 2. The van der Waals surface area contributed by atoms with Gasteiger partial charge in [0.25, 0.3) is 0 Å². The third-order valence-corrected chi connectivity index (χ3v) is 5.10. The van der Waals surface area contributed by atoms with Crippen LogP contribution in [0.3, 0.4) is 0 Å². The Morgan fingerprint density at radius 2 is 2.00 bits per heavy atom. The number of rotatable bonds is 5. The van der Waals surface area contributed by atoms with E-state index in [1.54, 1.807) is 39.5 Å². The zero-order valence-corrected chi connectivity index (χ0v) is 17.2. The van der Waals surface area contributed by atoms with Gasteiger partial charge in [0.1, 0.15) is 11.2 Å². The summed E-state index contributed by atoms with van der Waals surface area (Å²) in [5.41, 5.74) is 1.65. The molecule has 1 N–H and O–H groups in total. The van der Waals surface area contributed by atoms with E-state index in [0.29, 0.717) is 29.5 Å². The lowest BCUT2D eigenvalue weighted by atomic mass is 10.1. The first kappa shape index (κ1) is 20.2. The first-order valence-corrected chi connectivity index (χ1v) is 9.84. The average Bonchev–Trinajstić information content (AvgIpc) is 3.03. The SMILES string of the molecule is C=CCn1c(O)c(N=NC(=O)c2cn(CC)c3nc(C)ccc3c2=O)c2ccccc21. The van der Waals surface area contributed by atoms with Gasteiger partial charge in [0.05, 0.1) is 10.9 Å². The van der Waals surface area contributed by atoms with Gasteiger partial charge in [-0.1, -0.05) is 24.3 Å². The summed E-state index contributed by atoms with van der Waals surface area (Å²) in [5.74, 6) is -0.906. The first-order chi connectivity index (χ1) is 15.0. The van der Waals surface area contributed by atoms with Crippen LogP contribution < -0.4 is 5.43 Å². The van der Waals surface area contributed by atoms with E-state index in [2.05, 4.69) is 21.8 Å². The number of carbonyl (C=O) groups excluding carboxylic acids is 1. The molecule has 1 amide bonds. The number of aromatic nitrogens is 3. The Balaban J connectivity index is 1.81. The van der Waals surface area contributed by atoms with Crippen LogP contribution in [0.4, 0.5) is 5.69 Å². The number of benzene rings is 1. The van der Waals surface area contributed by atoms with Crippen molar-refractivity contribution in [3.63, 3.8) is 0 Å². The Morgan fingerprint density at radius 3 is 2.74 bits per heavy atom. The Kier molecular flexibility index (Phi) is 5.21. The van der Waals surface area contributed by atoms with Gasteiger partial charge >= 0.3 is 5.91 Å². The fraction of sp³-hybridized carbons (Fsp3) is 0.174. The van der Waals surface area contributed by atoms with Gasteiger partial charge in [-0.05, 0) is 32.0 Å². The summed E-state index contributed by atoms with van der Waals surface area (Å²) in [6.45, 7) is 8.34. The Bertz CT molecular complexity index is 1430. The highest BCUT2D eigenvalue weighted by Crippen LogP contribution is 2.38. The molecule has 0 atom stereocenters. The van der Waals surface area contributed by atoms with Gasteiger partial charge in [-0.25, -0.2) is 4.98 Å². The van der Waals surface area contributed by atoms with E-state index in [-0.39, 0.29) is 17.1 Å². The summed E-state index contributed by atoms with van der Waals surface area (Å²) in [4.78, 5) is 30.1. The number of carbonyl (C=O) groups is 1. The molecule has 1 aromatic carbocycles. The summed E-state index contributed by atoms with van der Waals surface area (Å²) < 4.78 is 3.36. The molecule has 0 aliphatic rings. The second-order valence-corrected chi connectivity index (χ2v) is 7.08. The van der Waals surface area contributed by atoms with Crippen LogP contribution in [0, 0.1) is 6.92 Å². The smallest absolute Gasteiger partial charge is 0.300 e. The highest BCUT2D eigenvalue weighted by Gasteiger charge is 2.18. The zero-order valence-electron chi connectivity index (χ0n) is 17.2. The molecule has 0 saturated heterocycles. The van der Waals surface area contributed by atoms with Crippen molar-refractivity contribution in [2.75, 3.05) is 0 Å². The van der Waals surface area contributed by atoms with Gasteiger partial charge in [-0.15, -0.1) is 16.8 Å². The molecule has 4 aromatic rings. The summed E-state index contributed by atoms with van der Waals surface area (Å²) in [7, 11) is 0. The Labute approximate surface area is 177 Å². The first-order valence-electron chi connectivity index (χ1n) is 9.84. The molecular weight excluding hydrogens is 394 g/mol. The molecule has 0 bridgehead atoms. The van der Waals surface area contributed by atoms with Crippen LogP contribution in [-0.2, 0) is 13.1 Å². The molecule has 0 fully saturated rings. The number of nitrogens with zero attached hydrogens (tertiary/aromatic N) is 5. The number of pyridine rings is 2. The van der Waals surface area contributed by atoms with Crippen LogP contribution in [0.25, 0.3) is 21.9 Å². The van der Waals surface area contributed by atoms with Gasteiger partial charge in [-0.2, -0.15) is 0 Å². The number of allylic oxidation sites excluding steroid dienone is 1. The molecular formula is C23H21N5O3. The van der Waals surface area contributed by atoms with E-state index in [1.807, 2.05) is 26.0 Å². The van der Waals surface area contributed by atoms with Crippen LogP contribution in [0.2, 0.25) is 0 Å². The fourth-order valence-corrected chi connectivity index (χ4v) is 3.59. The van der Waals surface area contributed by atoms with Crippen LogP contribution in [0.5, 0.6) is 5.88 Å². The van der Waals surface area contributed by atoms with E-state index < -0.39 is 11.3 Å². The monoisotopic (exact) mass is 415 g/mol. The van der Waals surface area contributed by atoms with Gasteiger partial charge < -0.3 is 14.2 Å². The minimum absolute atomic E-state index is 0.0990. The molecule has 3 aromatic heterocycles. The highest BCUT2D eigenvalue weighted by molar-refractivity contribution is 5.98. The fourth-order valence-electron chi connectivity index (χ4n) is 3.59. The lowest BCUT2D eigenvalue weighted by Gasteiger charge is -2.09. The predicted molar refractivity (Wildman–Crippen MR) is 119 cm³/mol. The molecule has 0 spiro atoms. The molecule has 3 heterocycles. The third-order valence-electron chi connectivity index (χ3n) is 5.10. The van der Waals surface area contributed by atoms with Crippen LogP contribution in [0.15, 0.2) is 70.3 Å². The molecule has 0 aliphatic heterocycles. The van der Waals surface area contributed by atoms with Crippen LogP contribution in [0.1, 0.15) is 23.0 Å². The molecule has 8 nitrogen and oxygen atoms in total. The topological polar surface area (TPSA) is 102 Å². The Hall–Kier alpha value is -4.07. The Morgan fingerprint density at radius 1 is 1.23 bits per heavy atom. The van der Waals surface area contributed by atoms with Crippen molar-refractivity contribution in [3.05, 3.63) is 76.7 Å². The lowest BCUT2D eigenvalue weighted by molar-refractivity contribution is 0.0993. The van der Waals surface area contributed by atoms with E-state index in [4.69, 9.17) is 0 Å². The standard InChI is InChI=1S/C23H21N5O3/c1-4-12-28-18-9-7-6-8-15(18)19(23(28)31)25-26-22(30)17-13-27(5-2)21-16(20(17)29)11-10-14(3)24-21/h4,6-11,13,31H,1,5,12H2,2-3H3. The second kappa shape index (κ2) is 7.98. The van der Waals surface area contributed by atoms with Gasteiger partial charge in [0.15, 0.2) is 5.69 Å². The predicted octanol–water partition coefficient (Wildman–Crippen LogP) is 4.50. The van der Waals surface area contributed by atoms with E-state index in [1.165, 1.54) is 6.20 Å². The van der Waals surface area contributed by atoms with Crippen molar-refractivity contribution in [1.29, 1.82) is 0 Å². The van der Waals surface area contributed by atoms with Crippen molar-refractivity contribution >= 4 is 33.5 Å². The highest BCUT2D eigenvalue weighted by atomic mass is 16.3. The lowest BCUT2D eigenvalue weighted by Crippen LogP contribution is -2.18. The number of amides is 1. The van der Waals surface area contributed by atoms with Crippen molar-refractivity contribution in [2.45, 2.75) is 26.9 Å². The van der Waals surface area contributed by atoms with E-state index in [9.17, 15) is 14.7 Å². The second-order valence-electron chi connectivity index (χ2n) is 7.08. The molecule has 0 saturated carbocycles. The molecule has 0 aliphatic carbocycles.